The lowest BCUT2D eigenvalue weighted by Gasteiger charge is -2.32. The van der Waals surface area contributed by atoms with Crippen LogP contribution in [0, 0.1) is 0 Å². The Morgan fingerprint density at radius 2 is 2.25 bits per heavy atom. The Bertz CT molecular complexity index is 736. The number of aliphatic imine (C=N–C) groups is 1. The molecule has 1 fully saturated rings. The Balaban J connectivity index is 1.92. The van der Waals surface area contributed by atoms with Gasteiger partial charge in [0.05, 0.1) is 25.0 Å². The van der Waals surface area contributed by atoms with Gasteiger partial charge in [-0.3, -0.25) is 0 Å². The van der Waals surface area contributed by atoms with E-state index in [0.29, 0.717) is 18.9 Å². The molecular formula is C19H33N5O3S. The lowest BCUT2D eigenvalue weighted by atomic mass is 10.2. The van der Waals surface area contributed by atoms with Crippen molar-refractivity contribution in [3.8, 4) is 0 Å². The summed E-state index contributed by atoms with van der Waals surface area (Å²) in [6.45, 7) is 9.69. The van der Waals surface area contributed by atoms with Crippen molar-refractivity contribution in [3.63, 3.8) is 0 Å². The molecule has 1 saturated heterocycles. The van der Waals surface area contributed by atoms with Gasteiger partial charge in [0, 0.05) is 38.1 Å². The number of aromatic nitrogens is 1. The molecule has 1 aromatic rings. The van der Waals surface area contributed by atoms with Crippen LogP contribution in [0.5, 0.6) is 0 Å². The highest BCUT2D eigenvalue weighted by atomic mass is 32.2. The molecule has 158 valence electrons. The summed E-state index contributed by atoms with van der Waals surface area (Å²) in [4.78, 5) is 11.4. The number of morpholine rings is 1. The summed E-state index contributed by atoms with van der Waals surface area (Å²) in [5.74, 6) is 1.79. The van der Waals surface area contributed by atoms with Crippen LogP contribution in [0.25, 0.3) is 0 Å². The van der Waals surface area contributed by atoms with Crippen LogP contribution in [0.4, 0.5) is 5.82 Å². The Morgan fingerprint density at radius 3 is 2.86 bits per heavy atom. The first-order chi connectivity index (χ1) is 13.3. The summed E-state index contributed by atoms with van der Waals surface area (Å²) in [6, 6.07) is 4.08. The van der Waals surface area contributed by atoms with Gasteiger partial charge in [0.15, 0.2) is 5.96 Å². The largest absolute Gasteiger partial charge is 0.375 e. The summed E-state index contributed by atoms with van der Waals surface area (Å²) in [7, 11) is -2.96. The molecule has 0 spiro atoms. The van der Waals surface area contributed by atoms with Crippen LogP contribution in [0.2, 0.25) is 0 Å². The third kappa shape index (κ3) is 8.02. The van der Waals surface area contributed by atoms with Crippen molar-refractivity contribution in [2.45, 2.75) is 45.9 Å². The van der Waals surface area contributed by atoms with Crippen molar-refractivity contribution in [3.05, 3.63) is 23.9 Å². The number of rotatable bonds is 8. The van der Waals surface area contributed by atoms with Crippen LogP contribution >= 0.6 is 0 Å². The average molecular weight is 412 g/mol. The molecular weight excluding hydrogens is 378 g/mol. The molecule has 2 heterocycles. The zero-order chi connectivity index (χ0) is 20.6. The maximum Gasteiger partial charge on any atom is 0.191 e. The van der Waals surface area contributed by atoms with E-state index in [2.05, 4.69) is 32.4 Å². The number of guanidine groups is 1. The van der Waals surface area contributed by atoms with Crippen LogP contribution in [0.3, 0.4) is 0 Å². The zero-order valence-electron chi connectivity index (χ0n) is 17.3. The van der Waals surface area contributed by atoms with Crippen LogP contribution in [-0.4, -0.2) is 69.8 Å². The first-order valence-electron chi connectivity index (χ1n) is 9.81. The molecule has 8 nitrogen and oxygen atoms in total. The van der Waals surface area contributed by atoms with E-state index in [-0.39, 0.29) is 17.9 Å². The van der Waals surface area contributed by atoms with Crippen LogP contribution in [-0.2, 0) is 21.1 Å². The first-order valence-corrected chi connectivity index (χ1v) is 11.9. The number of nitrogens with zero attached hydrogens (tertiary/aromatic N) is 3. The van der Waals surface area contributed by atoms with Crippen LogP contribution in [0.1, 0.15) is 32.8 Å². The Labute approximate surface area is 168 Å². The van der Waals surface area contributed by atoms with Gasteiger partial charge in [0.1, 0.15) is 15.7 Å². The summed E-state index contributed by atoms with van der Waals surface area (Å²) in [6.07, 6.45) is 3.87. The predicted octanol–water partition coefficient (Wildman–Crippen LogP) is 1.19. The maximum absolute atomic E-state index is 11.3. The Hall–Kier alpha value is -1.87. The number of ether oxygens (including phenoxy) is 1. The topological polar surface area (TPSA) is 95.9 Å². The van der Waals surface area contributed by atoms with E-state index >= 15 is 0 Å². The number of anilines is 1. The van der Waals surface area contributed by atoms with Gasteiger partial charge in [-0.15, -0.1) is 0 Å². The van der Waals surface area contributed by atoms with Crippen molar-refractivity contribution >= 4 is 21.6 Å². The molecule has 9 heteroatoms. The molecule has 0 saturated carbocycles. The quantitative estimate of drug-likeness (QED) is 0.490. The standard InChI is InChI=1S/C19H33N5O3S/c1-5-20-19(23-15(2)8-11-28(4,25)26)22-13-17-6-7-18(21-12-17)24-9-10-27-16(3)14-24/h6-7,12,15-16H,5,8-11,13-14H2,1-4H3,(H2,20,22,23). The highest BCUT2D eigenvalue weighted by Gasteiger charge is 2.17. The minimum Gasteiger partial charge on any atom is -0.375 e. The normalized spacial score (nSPS) is 19.4. The fourth-order valence-corrected chi connectivity index (χ4v) is 3.69. The second-order valence-electron chi connectivity index (χ2n) is 7.31. The molecule has 0 aromatic carbocycles. The van der Waals surface area contributed by atoms with Gasteiger partial charge in [0.2, 0.25) is 0 Å². The van der Waals surface area contributed by atoms with Crippen molar-refractivity contribution < 1.29 is 13.2 Å². The van der Waals surface area contributed by atoms with Crippen molar-refractivity contribution in [1.82, 2.24) is 15.6 Å². The second-order valence-corrected chi connectivity index (χ2v) is 9.57. The molecule has 2 atom stereocenters. The van der Waals surface area contributed by atoms with Crippen molar-refractivity contribution in [2.75, 3.05) is 43.1 Å². The smallest absolute Gasteiger partial charge is 0.191 e. The van der Waals surface area contributed by atoms with Gasteiger partial charge in [0.25, 0.3) is 0 Å². The van der Waals surface area contributed by atoms with E-state index < -0.39 is 9.84 Å². The maximum atomic E-state index is 11.3. The SMILES string of the molecule is CCNC(=NCc1ccc(N2CCOC(C)C2)nc1)NC(C)CCS(C)(=O)=O. The van der Waals surface area contributed by atoms with Crippen LogP contribution < -0.4 is 15.5 Å². The Morgan fingerprint density at radius 1 is 1.46 bits per heavy atom. The summed E-state index contributed by atoms with van der Waals surface area (Å²) >= 11 is 0. The summed E-state index contributed by atoms with van der Waals surface area (Å²) < 4.78 is 28.2. The second kappa shape index (κ2) is 10.6. The molecule has 2 unspecified atom stereocenters. The van der Waals surface area contributed by atoms with Crippen molar-refractivity contribution in [1.29, 1.82) is 0 Å². The van der Waals surface area contributed by atoms with Gasteiger partial charge in [-0.1, -0.05) is 6.07 Å². The minimum atomic E-state index is -2.96. The molecule has 0 amide bonds. The Kier molecular flexibility index (Phi) is 8.50. The first kappa shape index (κ1) is 22.4. The lowest BCUT2D eigenvalue weighted by molar-refractivity contribution is 0.0529. The number of nitrogens with one attached hydrogen (secondary N) is 2. The average Bonchev–Trinajstić information content (AvgIpc) is 2.64. The third-order valence-corrected chi connectivity index (χ3v) is 5.42. The third-order valence-electron chi connectivity index (χ3n) is 4.44. The summed E-state index contributed by atoms with van der Waals surface area (Å²) in [5.41, 5.74) is 1.02. The molecule has 0 radical (unpaired) electrons. The van der Waals surface area contributed by atoms with E-state index in [1.807, 2.05) is 32.2 Å². The molecule has 28 heavy (non-hydrogen) atoms. The molecule has 1 aliphatic rings. The number of sulfone groups is 1. The number of hydrogen-bond acceptors (Lipinski definition) is 6. The van der Waals surface area contributed by atoms with E-state index in [4.69, 9.17) is 4.74 Å². The van der Waals surface area contributed by atoms with Gasteiger partial charge >= 0.3 is 0 Å². The molecule has 1 aliphatic heterocycles. The number of pyridine rings is 1. The highest BCUT2D eigenvalue weighted by molar-refractivity contribution is 7.90. The van der Waals surface area contributed by atoms with Gasteiger partial charge in [-0.2, -0.15) is 0 Å². The highest BCUT2D eigenvalue weighted by Crippen LogP contribution is 2.15. The zero-order valence-corrected chi connectivity index (χ0v) is 18.1. The molecule has 2 N–H and O–H groups in total. The fourth-order valence-electron chi connectivity index (χ4n) is 2.91. The van der Waals surface area contributed by atoms with Gasteiger partial charge in [-0.25, -0.2) is 18.4 Å². The fraction of sp³-hybridized carbons (Fsp3) is 0.684. The molecule has 2 rings (SSSR count). The lowest BCUT2D eigenvalue weighted by Crippen LogP contribution is -2.42. The molecule has 1 aromatic heterocycles. The van der Waals surface area contributed by atoms with E-state index in [9.17, 15) is 8.42 Å². The van der Waals surface area contributed by atoms with Gasteiger partial charge in [-0.05, 0) is 38.8 Å². The van der Waals surface area contributed by atoms with E-state index in [1.54, 1.807) is 0 Å². The van der Waals surface area contributed by atoms with E-state index in [1.165, 1.54) is 6.26 Å². The molecule has 0 aliphatic carbocycles. The molecule has 0 bridgehead atoms. The predicted molar refractivity (Wildman–Crippen MR) is 114 cm³/mol. The van der Waals surface area contributed by atoms with Crippen molar-refractivity contribution in [2.24, 2.45) is 4.99 Å². The van der Waals surface area contributed by atoms with Gasteiger partial charge < -0.3 is 20.3 Å². The van der Waals surface area contributed by atoms with Crippen LogP contribution in [0.15, 0.2) is 23.3 Å². The summed E-state index contributed by atoms with van der Waals surface area (Å²) in [5, 5.41) is 6.46. The van der Waals surface area contributed by atoms with E-state index in [0.717, 1.165) is 37.6 Å². The number of hydrogen-bond donors (Lipinski definition) is 2. The monoisotopic (exact) mass is 411 g/mol. The minimum absolute atomic E-state index is 0.0105.